The smallest absolute Gasteiger partial charge is 0.253 e. The van der Waals surface area contributed by atoms with Gasteiger partial charge in [-0.25, -0.2) is 9.97 Å². The highest BCUT2D eigenvalue weighted by Crippen LogP contribution is 2.24. The van der Waals surface area contributed by atoms with Crippen LogP contribution < -0.4 is 20.9 Å². The fourth-order valence-corrected chi connectivity index (χ4v) is 3.61. The molecule has 3 heterocycles. The molecule has 1 aliphatic rings. The lowest BCUT2D eigenvalue weighted by atomic mass is 10.1. The molecule has 0 spiro atoms. The van der Waals surface area contributed by atoms with Gasteiger partial charge in [-0.3, -0.25) is 4.79 Å². The molecule has 1 amide bonds. The van der Waals surface area contributed by atoms with Crippen LogP contribution in [0.15, 0.2) is 48.8 Å². The minimum Gasteiger partial charge on any atom is -0.357 e. The van der Waals surface area contributed by atoms with Gasteiger partial charge in [-0.2, -0.15) is 4.98 Å². The summed E-state index contributed by atoms with van der Waals surface area (Å²) < 4.78 is 0. The third-order valence-electron chi connectivity index (χ3n) is 5.25. The summed E-state index contributed by atoms with van der Waals surface area (Å²) in [4.78, 5) is 28.4. The molecule has 0 atom stereocenters. The quantitative estimate of drug-likeness (QED) is 0.510. The molecule has 1 saturated heterocycles. The maximum atomic E-state index is 12.6. The Morgan fingerprint density at radius 3 is 2.50 bits per heavy atom. The van der Waals surface area contributed by atoms with Crippen molar-refractivity contribution in [1.29, 1.82) is 0 Å². The minimum absolute atomic E-state index is 0.0533. The maximum Gasteiger partial charge on any atom is 0.253 e. The molecule has 8 heteroatoms. The van der Waals surface area contributed by atoms with Gasteiger partial charge >= 0.3 is 0 Å². The highest BCUT2D eigenvalue weighted by atomic mass is 16.1. The molecule has 8 nitrogen and oxygen atoms in total. The van der Waals surface area contributed by atoms with Crippen molar-refractivity contribution in [3.05, 3.63) is 59.9 Å². The van der Waals surface area contributed by atoms with E-state index >= 15 is 0 Å². The van der Waals surface area contributed by atoms with Crippen molar-refractivity contribution in [1.82, 2.24) is 20.3 Å². The Morgan fingerprint density at radius 2 is 1.78 bits per heavy atom. The van der Waals surface area contributed by atoms with E-state index in [1.165, 1.54) is 12.8 Å². The second-order valence-electron chi connectivity index (χ2n) is 8.25. The van der Waals surface area contributed by atoms with Gasteiger partial charge in [-0.05, 0) is 57.9 Å². The van der Waals surface area contributed by atoms with E-state index in [1.54, 1.807) is 18.5 Å². The number of hydrogen-bond donors (Lipinski definition) is 3. The predicted octanol–water partition coefficient (Wildman–Crippen LogP) is 4.41. The van der Waals surface area contributed by atoms with Gasteiger partial charge in [0.15, 0.2) is 0 Å². The second-order valence-corrected chi connectivity index (χ2v) is 8.25. The molecule has 0 unspecified atom stereocenters. The van der Waals surface area contributed by atoms with Crippen LogP contribution in [-0.2, 0) is 0 Å². The third-order valence-corrected chi connectivity index (χ3v) is 5.25. The number of aromatic nitrogens is 3. The van der Waals surface area contributed by atoms with Crippen molar-refractivity contribution < 1.29 is 4.79 Å². The van der Waals surface area contributed by atoms with Gasteiger partial charge in [-0.1, -0.05) is 12.1 Å². The normalized spacial score (nSPS) is 13.3. The molecule has 1 aromatic carbocycles. The minimum atomic E-state index is -0.127. The maximum absolute atomic E-state index is 12.6. The molecule has 0 radical (unpaired) electrons. The molecule has 3 aromatic rings. The Morgan fingerprint density at radius 1 is 1.00 bits per heavy atom. The van der Waals surface area contributed by atoms with E-state index in [4.69, 9.17) is 0 Å². The Labute approximate surface area is 188 Å². The zero-order valence-electron chi connectivity index (χ0n) is 18.7. The van der Waals surface area contributed by atoms with Crippen LogP contribution in [0.2, 0.25) is 0 Å². The van der Waals surface area contributed by atoms with Crippen LogP contribution in [0.4, 0.5) is 29.0 Å². The summed E-state index contributed by atoms with van der Waals surface area (Å²) in [5.74, 6) is 1.96. The number of para-hydroxylation sites is 1. The van der Waals surface area contributed by atoms with Crippen LogP contribution in [0.3, 0.4) is 0 Å². The number of anilines is 5. The first-order valence-electron chi connectivity index (χ1n) is 11.0. The van der Waals surface area contributed by atoms with Gasteiger partial charge < -0.3 is 20.9 Å². The van der Waals surface area contributed by atoms with E-state index in [-0.39, 0.29) is 11.9 Å². The highest BCUT2D eigenvalue weighted by Gasteiger charge is 2.15. The first-order chi connectivity index (χ1) is 15.5. The average molecular weight is 432 g/mol. The average Bonchev–Trinajstić information content (AvgIpc) is 3.31. The van der Waals surface area contributed by atoms with Gasteiger partial charge in [0.25, 0.3) is 5.91 Å². The number of carbonyl (C=O) groups excluding carboxylic acids is 1. The molecular formula is C24H29N7O. The molecule has 2 aromatic heterocycles. The topological polar surface area (TPSA) is 95.1 Å². The number of rotatable bonds is 7. The standard InChI is InChI=1S/C24H29N7O/c1-16(2)27-23(32)19-8-4-5-9-20(19)29-22-17(3)14-26-24(30-22)28-18-10-11-21(25-15-18)31-12-6-7-13-31/h4-5,8-11,14-16H,6-7,12-13H2,1-3H3,(H,27,32)(H2,26,28,29,30). The Bertz CT molecular complexity index is 1080. The van der Waals surface area contributed by atoms with Gasteiger partial charge in [0, 0.05) is 30.9 Å². The summed E-state index contributed by atoms with van der Waals surface area (Å²) in [6, 6.07) is 11.5. The Hall–Kier alpha value is -3.68. The van der Waals surface area contributed by atoms with Crippen LogP contribution in [0.1, 0.15) is 42.6 Å². The fraction of sp³-hybridized carbons (Fsp3) is 0.333. The molecule has 4 rings (SSSR count). The van der Waals surface area contributed by atoms with Crippen molar-refractivity contribution in [2.75, 3.05) is 28.6 Å². The number of carbonyl (C=O) groups is 1. The summed E-state index contributed by atoms with van der Waals surface area (Å²) in [5.41, 5.74) is 2.95. The number of nitrogens with one attached hydrogen (secondary N) is 3. The summed E-state index contributed by atoms with van der Waals surface area (Å²) in [6.45, 7) is 7.92. The molecular weight excluding hydrogens is 402 g/mol. The molecule has 1 aliphatic heterocycles. The van der Waals surface area contributed by atoms with Gasteiger partial charge in [0.05, 0.1) is 23.1 Å². The number of amides is 1. The van der Waals surface area contributed by atoms with Crippen LogP contribution in [-0.4, -0.2) is 40.0 Å². The van der Waals surface area contributed by atoms with Crippen molar-refractivity contribution >= 4 is 34.9 Å². The van der Waals surface area contributed by atoms with E-state index in [2.05, 4.69) is 35.8 Å². The number of hydrogen-bond acceptors (Lipinski definition) is 7. The molecule has 166 valence electrons. The SMILES string of the molecule is Cc1cnc(Nc2ccc(N3CCCC3)nc2)nc1Nc1ccccc1C(=O)NC(C)C. The number of nitrogens with zero attached hydrogens (tertiary/aromatic N) is 4. The zero-order valence-corrected chi connectivity index (χ0v) is 18.7. The van der Waals surface area contributed by atoms with E-state index in [9.17, 15) is 4.79 Å². The third kappa shape index (κ3) is 5.14. The molecule has 0 aliphatic carbocycles. The van der Waals surface area contributed by atoms with Crippen LogP contribution in [0.25, 0.3) is 0 Å². The lowest BCUT2D eigenvalue weighted by Crippen LogP contribution is -2.30. The summed E-state index contributed by atoms with van der Waals surface area (Å²) >= 11 is 0. The van der Waals surface area contributed by atoms with Crippen LogP contribution in [0, 0.1) is 6.92 Å². The van der Waals surface area contributed by atoms with Gasteiger partial charge in [-0.15, -0.1) is 0 Å². The lowest BCUT2D eigenvalue weighted by Gasteiger charge is -2.17. The largest absolute Gasteiger partial charge is 0.357 e. The van der Waals surface area contributed by atoms with Crippen LogP contribution >= 0.6 is 0 Å². The predicted molar refractivity (Wildman–Crippen MR) is 128 cm³/mol. The van der Waals surface area contributed by atoms with E-state index in [1.807, 2.05) is 51.1 Å². The highest BCUT2D eigenvalue weighted by molar-refractivity contribution is 6.00. The molecule has 3 N–H and O–H groups in total. The monoisotopic (exact) mass is 431 g/mol. The van der Waals surface area contributed by atoms with Gasteiger partial charge in [0.2, 0.25) is 5.95 Å². The molecule has 32 heavy (non-hydrogen) atoms. The van der Waals surface area contributed by atoms with Crippen molar-refractivity contribution in [2.45, 2.75) is 39.7 Å². The van der Waals surface area contributed by atoms with Crippen LogP contribution in [0.5, 0.6) is 0 Å². The van der Waals surface area contributed by atoms with Crippen molar-refractivity contribution in [3.8, 4) is 0 Å². The van der Waals surface area contributed by atoms with E-state index in [0.717, 1.165) is 30.2 Å². The first-order valence-corrected chi connectivity index (χ1v) is 11.0. The Balaban J connectivity index is 1.51. The van der Waals surface area contributed by atoms with E-state index < -0.39 is 0 Å². The molecule has 1 fully saturated rings. The fourth-order valence-electron chi connectivity index (χ4n) is 3.61. The van der Waals surface area contributed by atoms with Crippen molar-refractivity contribution in [2.24, 2.45) is 0 Å². The zero-order chi connectivity index (χ0) is 22.5. The Kier molecular flexibility index (Phi) is 6.49. The van der Waals surface area contributed by atoms with Gasteiger partial charge in [0.1, 0.15) is 11.6 Å². The number of aryl methyl sites for hydroxylation is 1. The molecule has 0 saturated carbocycles. The van der Waals surface area contributed by atoms with Crippen molar-refractivity contribution in [3.63, 3.8) is 0 Å². The molecule has 0 bridgehead atoms. The number of benzene rings is 1. The summed E-state index contributed by atoms with van der Waals surface area (Å²) in [6.07, 6.45) is 5.99. The second kappa shape index (κ2) is 9.64. The first kappa shape index (κ1) is 21.5. The van der Waals surface area contributed by atoms with E-state index in [0.29, 0.717) is 23.0 Å². The summed E-state index contributed by atoms with van der Waals surface area (Å²) in [7, 11) is 0. The summed E-state index contributed by atoms with van der Waals surface area (Å²) in [5, 5.41) is 9.44. The lowest BCUT2D eigenvalue weighted by molar-refractivity contribution is 0.0944. The number of pyridine rings is 1.